The van der Waals surface area contributed by atoms with Crippen molar-refractivity contribution in [1.82, 2.24) is 4.98 Å². The van der Waals surface area contributed by atoms with E-state index < -0.39 is 42.4 Å². The van der Waals surface area contributed by atoms with Gasteiger partial charge in [0.25, 0.3) is 0 Å². The largest absolute Gasteiger partial charge is 0.468 e. The molecule has 1 aromatic heterocycles. The zero-order valence-corrected chi connectivity index (χ0v) is 11.5. The number of ether oxygens (including phenoxy) is 2. The first-order valence-corrected chi connectivity index (χ1v) is 6.42. The molecule has 0 amide bonds. The molecule has 1 fully saturated rings. The smallest absolute Gasteiger partial charge is 0.433 e. The third-order valence-electron chi connectivity index (χ3n) is 3.26. The van der Waals surface area contributed by atoms with E-state index in [9.17, 15) is 23.4 Å². The van der Waals surface area contributed by atoms with Gasteiger partial charge in [-0.25, -0.2) is 4.98 Å². The minimum absolute atomic E-state index is 0.371. The SMILES string of the molecule is C#C[C@H]1O[C@H](C)[C@H](O)[C@H](O)[C@H]1Oc1cccc(C(F)(F)F)n1. The Bertz CT molecular complexity index is 572. The summed E-state index contributed by atoms with van der Waals surface area (Å²) in [4.78, 5) is 3.32. The summed E-state index contributed by atoms with van der Waals surface area (Å²) >= 11 is 0. The third kappa shape index (κ3) is 3.32. The van der Waals surface area contributed by atoms with Gasteiger partial charge in [-0.3, -0.25) is 0 Å². The van der Waals surface area contributed by atoms with Crippen LogP contribution in [0, 0.1) is 12.3 Å². The third-order valence-corrected chi connectivity index (χ3v) is 3.26. The average Bonchev–Trinajstić information content (AvgIpc) is 2.47. The summed E-state index contributed by atoms with van der Waals surface area (Å²) in [5.74, 6) is 1.86. The van der Waals surface area contributed by atoms with Crippen LogP contribution in [-0.2, 0) is 10.9 Å². The highest BCUT2D eigenvalue weighted by Gasteiger charge is 2.44. The standard InChI is InChI=1S/C14H14F3NO4/c1-3-8-13(12(20)11(19)7(2)21-8)22-10-6-4-5-9(18-10)14(15,16)17/h1,4-8,11-13,19-20H,2H3/t7-,8-,11+,12+,13+/m1/s1. The summed E-state index contributed by atoms with van der Waals surface area (Å²) in [6.45, 7) is 1.51. The number of terminal acetylenes is 1. The molecule has 8 heteroatoms. The van der Waals surface area contributed by atoms with Crippen LogP contribution in [0.1, 0.15) is 12.6 Å². The number of hydrogen-bond donors (Lipinski definition) is 2. The maximum atomic E-state index is 12.6. The summed E-state index contributed by atoms with van der Waals surface area (Å²) in [5, 5.41) is 19.8. The molecule has 1 aromatic rings. The molecule has 1 aliphatic heterocycles. The number of aliphatic hydroxyl groups is 2. The van der Waals surface area contributed by atoms with Crippen LogP contribution in [0.3, 0.4) is 0 Å². The number of rotatable bonds is 2. The summed E-state index contributed by atoms with van der Waals surface area (Å²) in [6.07, 6.45) is -5.03. The Balaban J connectivity index is 2.23. The van der Waals surface area contributed by atoms with Crippen LogP contribution in [-0.4, -0.2) is 45.7 Å². The Labute approximate surface area is 124 Å². The van der Waals surface area contributed by atoms with Crippen LogP contribution in [0.25, 0.3) is 0 Å². The van der Waals surface area contributed by atoms with Crippen molar-refractivity contribution in [3.05, 3.63) is 23.9 Å². The maximum absolute atomic E-state index is 12.6. The first-order valence-electron chi connectivity index (χ1n) is 6.42. The van der Waals surface area contributed by atoms with Crippen molar-refractivity contribution in [2.24, 2.45) is 0 Å². The van der Waals surface area contributed by atoms with E-state index in [0.717, 1.165) is 12.1 Å². The predicted molar refractivity (Wildman–Crippen MR) is 68.8 cm³/mol. The number of aromatic nitrogens is 1. The fourth-order valence-corrected chi connectivity index (χ4v) is 2.08. The molecule has 0 radical (unpaired) electrons. The summed E-state index contributed by atoms with van der Waals surface area (Å²) in [7, 11) is 0. The van der Waals surface area contributed by atoms with Gasteiger partial charge in [0.2, 0.25) is 5.88 Å². The van der Waals surface area contributed by atoms with E-state index in [-0.39, 0.29) is 5.88 Å². The molecule has 5 nitrogen and oxygen atoms in total. The highest BCUT2D eigenvalue weighted by Crippen LogP contribution is 2.30. The van der Waals surface area contributed by atoms with E-state index in [1.54, 1.807) is 0 Å². The van der Waals surface area contributed by atoms with E-state index in [2.05, 4.69) is 10.9 Å². The molecule has 0 saturated carbocycles. The van der Waals surface area contributed by atoms with Crippen molar-refractivity contribution in [3.63, 3.8) is 0 Å². The summed E-state index contributed by atoms with van der Waals surface area (Å²) < 4.78 is 48.4. The summed E-state index contributed by atoms with van der Waals surface area (Å²) in [6, 6.07) is 3.10. The molecule has 2 heterocycles. The normalized spacial score (nSPS) is 32.3. The highest BCUT2D eigenvalue weighted by molar-refractivity contribution is 5.19. The predicted octanol–water partition coefficient (Wildman–Crippen LogP) is 0.990. The van der Waals surface area contributed by atoms with E-state index in [1.165, 1.54) is 13.0 Å². The molecule has 2 rings (SSSR count). The number of nitrogens with zero attached hydrogens (tertiary/aromatic N) is 1. The Morgan fingerprint density at radius 2 is 2.00 bits per heavy atom. The minimum Gasteiger partial charge on any atom is -0.468 e. The Morgan fingerprint density at radius 3 is 2.59 bits per heavy atom. The molecule has 5 atom stereocenters. The summed E-state index contributed by atoms with van der Waals surface area (Å²) in [5.41, 5.74) is -1.14. The van der Waals surface area contributed by atoms with Gasteiger partial charge in [-0.15, -0.1) is 6.42 Å². The van der Waals surface area contributed by atoms with Gasteiger partial charge in [0, 0.05) is 6.07 Å². The van der Waals surface area contributed by atoms with Gasteiger partial charge in [-0.05, 0) is 13.0 Å². The number of alkyl halides is 3. The molecule has 0 aromatic carbocycles. The van der Waals surface area contributed by atoms with Crippen LogP contribution in [0.2, 0.25) is 0 Å². The highest BCUT2D eigenvalue weighted by atomic mass is 19.4. The lowest BCUT2D eigenvalue weighted by Gasteiger charge is -2.39. The zero-order valence-electron chi connectivity index (χ0n) is 11.5. The minimum atomic E-state index is -4.62. The molecule has 0 spiro atoms. The van der Waals surface area contributed by atoms with Crippen molar-refractivity contribution >= 4 is 0 Å². The van der Waals surface area contributed by atoms with E-state index >= 15 is 0 Å². The van der Waals surface area contributed by atoms with Crippen molar-refractivity contribution in [2.45, 2.75) is 43.6 Å². The first kappa shape index (κ1) is 16.5. The molecule has 120 valence electrons. The first-order chi connectivity index (χ1) is 10.2. The van der Waals surface area contributed by atoms with E-state index in [0.29, 0.717) is 0 Å². The van der Waals surface area contributed by atoms with Crippen molar-refractivity contribution in [2.75, 3.05) is 0 Å². The van der Waals surface area contributed by atoms with Gasteiger partial charge in [0.15, 0.2) is 12.2 Å². The quantitative estimate of drug-likeness (QED) is 0.796. The number of hydrogen-bond acceptors (Lipinski definition) is 5. The molecule has 22 heavy (non-hydrogen) atoms. The fourth-order valence-electron chi connectivity index (χ4n) is 2.08. The van der Waals surface area contributed by atoms with Crippen molar-refractivity contribution in [3.8, 4) is 18.2 Å². The maximum Gasteiger partial charge on any atom is 0.433 e. The molecule has 1 saturated heterocycles. The van der Waals surface area contributed by atoms with Gasteiger partial charge < -0.3 is 19.7 Å². The molecular weight excluding hydrogens is 303 g/mol. The number of pyridine rings is 1. The second-order valence-electron chi connectivity index (χ2n) is 4.85. The number of halogens is 3. The Kier molecular flexibility index (Phi) is 4.60. The lowest BCUT2D eigenvalue weighted by atomic mass is 9.96. The molecular formula is C14H14F3NO4. The van der Waals surface area contributed by atoms with Crippen molar-refractivity contribution < 1.29 is 32.9 Å². The molecule has 2 N–H and O–H groups in total. The fraction of sp³-hybridized carbons (Fsp3) is 0.500. The molecule has 1 aliphatic rings. The van der Waals surface area contributed by atoms with Crippen LogP contribution in [0.15, 0.2) is 18.2 Å². The molecule has 0 unspecified atom stereocenters. The van der Waals surface area contributed by atoms with E-state index in [4.69, 9.17) is 15.9 Å². The van der Waals surface area contributed by atoms with Gasteiger partial charge in [0.05, 0.1) is 6.10 Å². The van der Waals surface area contributed by atoms with Crippen LogP contribution in [0.5, 0.6) is 5.88 Å². The molecule has 0 aliphatic carbocycles. The zero-order chi connectivity index (χ0) is 16.5. The van der Waals surface area contributed by atoms with Gasteiger partial charge in [0.1, 0.15) is 17.9 Å². The Hall–Kier alpha value is -1.82. The second-order valence-corrected chi connectivity index (χ2v) is 4.85. The lowest BCUT2D eigenvalue weighted by molar-refractivity contribution is -0.195. The second kappa shape index (κ2) is 6.12. The molecule has 0 bridgehead atoms. The lowest BCUT2D eigenvalue weighted by Crippen LogP contribution is -2.58. The topological polar surface area (TPSA) is 71.8 Å². The van der Waals surface area contributed by atoms with Gasteiger partial charge >= 0.3 is 6.18 Å². The Morgan fingerprint density at radius 1 is 1.32 bits per heavy atom. The van der Waals surface area contributed by atoms with Gasteiger partial charge in [-0.1, -0.05) is 12.0 Å². The van der Waals surface area contributed by atoms with Gasteiger partial charge in [-0.2, -0.15) is 13.2 Å². The number of aliphatic hydroxyl groups excluding tert-OH is 2. The van der Waals surface area contributed by atoms with Crippen LogP contribution in [0.4, 0.5) is 13.2 Å². The van der Waals surface area contributed by atoms with Crippen LogP contribution >= 0.6 is 0 Å². The van der Waals surface area contributed by atoms with E-state index in [1.807, 2.05) is 0 Å². The monoisotopic (exact) mass is 317 g/mol. The van der Waals surface area contributed by atoms with Crippen LogP contribution < -0.4 is 4.74 Å². The van der Waals surface area contributed by atoms with Crippen molar-refractivity contribution in [1.29, 1.82) is 0 Å². The average molecular weight is 317 g/mol.